The molecule has 0 aromatic heterocycles. The molecule has 0 aliphatic heterocycles. The molecular weight excluding hydrogens is 711 g/mol. The van der Waals surface area contributed by atoms with E-state index < -0.39 is 32.7 Å². The van der Waals surface area contributed by atoms with E-state index in [9.17, 15) is 24.5 Å². The van der Waals surface area contributed by atoms with Gasteiger partial charge in [0.1, 0.15) is 19.3 Å². The number of quaternary nitrogens is 1. The molecule has 0 aromatic carbocycles. The molecule has 0 fully saturated rings. The Kier molecular flexibility index (Phi) is 36.5. The molecule has 4 atom stereocenters. The van der Waals surface area contributed by atoms with Gasteiger partial charge in [-0.25, -0.2) is 4.57 Å². The fraction of sp³-hybridized carbons (Fsp3) is 0.889. The Balaban J connectivity index is 4.46. The molecule has 4 N–H and O–H groups in total. The van der Waals surface area contributed by atoms with Crippen molar-refractivity contribution in [1.82, 2.24) is 5.32 Å². The number of likely N-dealkylation sites (N-methyl/N-ethyl adjacent to an activating group) is 1. The van der Waals surface area contributed by atoms with Crippen LogP contribution in [0.2, 0.25) is 0 Å². The maximum atomic E-state index is 12.9. The third-order valence-corrected chi connectivity index (χ3v) is 11.3. The summed E-state index contributed by atoms with van der Waals surface area (Å²) < 4.78 is 23.5. The first-order chi connectivity index (χ1) is 26.4. The number of hydrogen-bond donors (Lipinski definition) is 4. The molecule has 0 aliphatic rings. The van der Waals surface area contributed by atoms with Gasteiger partial charge in [-0.2, -0.15) is 0 Å². The Bertz CT molecular complexity index is 971. The van der Waals surface area contributed by atoms with Crippen molar-refractivity contribution in [3.05, 3.63) is 24.3 Å². The highest BCUT2D eigenvalue weighted by Crippen LogP contribution is 2.43. The molecule has 0 saturated heterocycles. The Morgan fingerprint density at radius 3 is 1.51 bits per heavy atom. The Morgan fingerprint density at radius 2 is 1.04 bits per heavy atom. The van der Waals surface area contributed by atoms with Crippen molar-refractivity contribution < 1.29 is 38.0 Å². The zero-order valence-electron chi connectivity index (χ0n) is 36.5. The van der Waals surface area contributed by atoms with E-state index in [0.29, 0.717) is 23.9 Å². The highest BCUT2D eigenvalue weighted by Gasteiger charge is 2.31. The largest absolute Gasteiger partial charge is 0.472 e. The summed E-state index contributed by atoms with van der Waals surface area (Å²) in [7, 11) is 1.41. The minimum atomic E-state index is -4.42. The Labute approximate surface area is 339 Å². The van der Waals surface area contributed by atoms with Gasteiger partial charge in [0.25, 0.3) is 0 Å². The highest BCUT2D eigenvalue weighted by atomic mass is 31.2. The van der Waals surface area contributed by atoms with E-state index in [1.165, 1.54) is 122 Å². The van der Waals surface area contributed by atoms with E-state index in [0.717, 1.165) is 44.9 Å². The molecule has 0 bridgehead atoms. The summed E-state index contributed by atoms with van der Waals surface area (Å²) in [5.74, 6) is -0.270. The minimum Gasteiger partial charge on any atom is -0.390 e. The van der Waals surface area contributed by atoms with E-state index in [2.05, 4.69) is 43.5 Å². The molecule has 0 saturated carbocycles. The second-order valence-electron chi connectivity index (χ2n) is 16.9. The predicted octanol–water partition coefficient (Wildman–Crippen LogP) is 11.5. The van der Waals surface area contributed by atoms with Crippen LogP contribution in [-0.2, 0) is 18.4 Å². The molecule has 0 aliphatic carbocycles. The lowest BCUT2D eigenvalue weighted by Gasteiger charge is -2.28. The lowest BCUT2D eigenvalue weighted by molar-refractivity contribution is -0.870. The summed E-state index contributed by atoms with van der Waals surface area (Å²) in [5, 5.41) is 24.6. The zero-order valence-corrected chi connectivity index (χ0v) is 37.4. The van der Waals surface area contributed by atoms with E-state index in [1.807, 2.05) is 21.1 Å². The summed E-state index contributed by atoms with van der Waals surface area (Å²) in [5.41, 5.74) is 0. The standard InChI is InChI=1S/C45H89N2O7P/c1-6-8-10-12-14-16-18-20-21-22-23-24-25-26-28-30-32-34-36-38-44(49)46-42(41-54-55(51,52)53-40-39-47(3,4)5)45(50)43(48)37-35-33-31-29-27-19-17-15-13-11-9-7-2/h15,17,29,31,42-43,45,48,50H,6-14,16,18-28,30,32-41H2,1-5H3,(H-,46,49,51,52)/p+1/b17-15+,31-29+. The smallest absolute Gasteiger partial charge is 0.390 e. The van der Waals surface area contributed by atoms with Crippen LogP contribution in [0.25, 0.3) is 0 Å². The van der Waals surface area contributed by atoms with E-state index in [4.69, 9.17) is 9.05 Å². The number of aliphatic hydroxyl groups excluding tert-OH is 2. The number of phosphoric ester groups is 1. The molecule has 55 heavy (non-hydrogen) atoms. The van der Waals surface area contributed by atoms with Crippen molar-refractivity contribution in [1.29, 1.82) is 0 Å². The number of allylic oxidation sites excluding steroid dienone is 4. The maximum absolute atomic E-state index is 12.9. The van der Waals surface area contributed by atoms with Gasteiger partial charge < -0.3 is 24.9 Å². The van der Waals surface area contributed by atoms with Crippen molar-refractivity contribution in [2.45, 2.75) is 218 Å². The van der Waals surface area contributed by atoms with E-state index in [-0.39, 0.29) is 18.9 Å². The van der Waals surface area contributed by atoms with E-state index >= 15 is 0 Å². The number of rotatable bonds is 41. The van der Waals surface area contributed by atoms with Gasteiger partial charge in [-0.1, -0.05) is 167 Å². The predicted molar refractivity (Wildman–Crippen MR) is 232 cm³/mol. The summed E-state index contributed by atoms with van der Waals surface area (Å²) in [6.45, 7) is 4.55. The molecule has 4 unspecified atom stereocenters. The lowest BCUT2D eigenvalue weighted by Crippen LogP contribution is -2.51. The van der Waals surface area contributed by atoms with E-state index in [1.54, 1.807) is 0 Å². The fourth-order valence-corrected chi connectivity index (χ4v) is 7.31. The molecule has 0 radical (unpaired) electrons. The maximum Gasteiger partial charge on any atom is 0.472 e. The third-order valence-electron chi connectivity index (χ3n) is 10.3. The van der Waals surface area contributed by atoms with Crippen LogP contribution in [0.1, 0.15) is 200 Å². The minimum absolute atomic E-state index is 0.0155. The van der Waals surface area contributed by atoms with Gasteiger partial charge in [-0.15, -0.1) is 0 Å². The normalized spacial score (nSPS) is 15.1. The number of unbranched alkanes of at least 4 members (excludes halogenated alkanes) is 23. The van der Waals surface area contributed by atoms with Crippen molar-refractivity contribution in [3.63, 3.8) is 0 Å². The number of nitrogens with one attached hydrogen (secondary N) is 1. The summed E-state index contributed by atoms with van der Waals surface area (Å²) in [4.78, 5) is 23.2. The first-order valence-corrected chi connectivity index (χ1v) is 24.3. The number of carbonyl (C=O) groups excluding carboxylic acids is 1. The molecular formula is C45H90N2O7P+. The summed E-state index contributed by atoms with van der Waals surface area (Å²) in [6, 6.07) is -1.05. The van der Waals surface area contributed by atoms with Gasteiger partial charge in [0.05, 0.1) is 39.9 Å². The van der Waals surface area contributed by atoms with Gasteiger partial charge in [0.2, 0.25) is 5.91 Å². The number of amides is 1. The lowest BCUT2D eigenvalue weighted by atomic mass is 10.0. The van der Waals surface area contributed by atoms with Crippen molar-refractivity contribution in [2.24, 2.45) is 0 Å². The first-order valence-electron chi connectivity index (χ1n) is 22.8. The third kappa shape index (κ3) is 38.2. The molecule has 0 heterocycles. The average molecular weight is 802 g/mol. The van der Waals surface area contributed by atoms with Crippen molar-refractivity contribution in [2.75, 3.05) is 40.9 Å². The van der Waals surface area contributed by atoms with Crippen LogP contribution in [0, 0.1) is 0 Å². The van der Waals surface area contributed by atoms with Crippen LogP contribution in [0.3, 0.4) is 0 Å². The molecule has 0 rings (SSSR count). The van der Waals surface area contributed by atoms with Crippen molar-refractivity contribution in [3.8, 4) is 0 Å². The molecule has 10 heteroatoms. The van der Waals surface area contributed by atoms with Crippen LogP contribution in [0.5, 0.6) is 0 Å². The number of nitrogens with zero attached hydrogens (tertiary/aromatic N) is 1. The highest BCUT2D eigenvalue weighted by molar-refractivity contribution is 7.47. The zero-order chi connectivity index (χ0) is 40.9. The Hall–Kier alpha value is -1.06. The van der Waals surface area contributed by atoms with Gasteiger partial charge in [0, 0.05) is 6.42 Å². The molecule has 1 amide bonds. The average Bonchev–Trinajstić information content (AvgIpc) is 3.13. The van der Waals surface area contributed by atoms with Gasteiger partial charge >= 0.3 is 7.82 Å². The van der Waals surface area contributed by atoms with Gasteiger partial charge in [-0.05, 0) is 51.4 Å². The number of carbonyl (C=O) groups is 1. The van der Waals surface area contributed by atoms with Crippen LogP contribution >= 0.6 is 7.82 Å². The SMILES string of the molecule is CCCCC/C=C/CC/C=C/CCCC(O)C(O)C(COP(=O)(O)OCC[N+](C)(C)C)NC(=O)CCCCCCCCCCCCCCCCCCCCC. The fourth-order valence-electron chi connectivity index (χ4n) is 6.57. The van der Waals surface area contributed by atoms with Crippen LogP contribution in [0.15, 0.2) is 24.3 Å². The van der Waals surface area contributed by atoms with Gasteiger partial charge in [-0.3, -0.25) is 13.8 Å². The molecule has 9 nitrogen and oxygen atoms in total. The molecule has 326 valence electrons. The molecule has 0 aromatic rings. The monoisotopic (exact) mass is 802 g/mol. The van der Waals surface area contributed by atoms with Crippen molar-refractivity contribution >= 4 is 13.7 Å². The summed E-state index contributed by atoms with van der Waals surface area (Å²) in [6.07, 6.45) is 39.6. The Morgan fingerprint density at radius 1 is 0.618 bits per heavy atom. The van der Waals surface area contributed by atoms with Crippen LogP contribution < -0.4 is 5.32 Å². The number of aliphatic hydroxyl groups is 2. The quantitative estimate of drug-likeness (QED) is 0.0210. The second kappa shape index (κ2) is 37.2. The van der Waals surface area contributed by atoms with Crippen LogP contribution in [0.4, 0.5) is 0 Å². The molecule has 0 spiro atoms. The van der Waals surface area contributed by atoms with Gasteiger partial charge in [0.15, 0.2) is 0 Å². The van der Waals surface area contributed by atoms with Crippen LogP contribution in [-0.4, -0.2) is 84.6 Å². The summed E-state index contributed by atoms with van der Waals surface area (Å²) >= 11 is 0. The number of hydrogen-bond acceptors (Lipinski definition) is 6. The number of phosphoric acid groups is 1. The first kappa shape index (κ1) is 53.9. The topological polar surface area (TPSA) is 125 Å². The second-order valence-corrected chi connectivity index (χ2v) is 18.4.